The molecule has 11 heteroatoms. The van der Waals surface area contributed by atoms with Crippen LogP contribution in [0.1, 0.15) is 10.4 Å². The molecule has 0 unspecified atom stereocenters. The molecule has 3 N–H and O–H groups in total. The van der Waals surface area contributed by atoms with Crippen LogP contribution in [0.3, 0.4) is 0 Å². The first-order valence-electron chi connectivity index (χ1n) is 8.28. The number of hydrogen-bond donors (Lipinski definition) is 3. The number of nitrogens with one attached hydrogen (secondary N) is 3. The largest absolute Gasteiger partial charge is 0.388 e. The van der Waals surface area contributed by atoms with Crippen molar-refractivity contribution in [1.29, 1.82) is 0 Å². The highest BCUT2D eigenvalue weighted by Crippen LogP contribution is 2.27. The van der Waals surface area contributed by atoms with Crippen molar-refractivity contribution in [2.45, 2.75) is 4.90 Å². The molecule has 0 spiro atoms. The van der Waals surface area contributed by atoms with Gasteiger partial charge in [-0.1, -0.05) is 17.7 Å². The van der Waals surface area contributed by atoms with E-state index in [0.717, 1.165) is 0 Å². The van der Waals surface area contributed by atoms with Crippen LogP contribution in [0.4, 0.5) is 10.1 Å². The van der Waals surface area contributed by atoms with E-state index in [-0.39, 0.29) is 9.92 Å². The van der Waals surface area contributed by atoms with E-state index in [2.05, 4.69) is 10.3 Å². The highest BCUT2D eigenvalue weighted by Gasteiger charge is 2.21. The Morgan fingerprint density at radius 2 is 2.00 bits per heavy atom. The average molecular weight is 438 g/mol. The number of carbonyl (C=O) groups excluding carboxylic acids is 1. The SMILES string of the molecule is CNc1cccc(S(=O)(=O)NNC(=O)c2cc(-c3cn(C)cn3)cc(Cl)c2F)c1. The van der Waals surface area contributed by atoms with Crippen molar-refractivity contribution in [1.82, 2.24) is 19.8 Å². The number of hydrazine groups is 1. The number of aromatic nitrogens is 2. The zero-order valence-electron chi connectivity index (χ0n) is 15.4. The summed E-state index contributed by atoms with van der Waals surface area (Å²) >= 11 is 5.90. The summed E-state index contributed by atoms with van der Waals surface area (Å²) in [7, 11) is -0.673. The highest BCUT2D eigenvalue weighted by atomic mass is 35.5. The maximum Gasteiger partial charge on any atom is 0.269 e. The van der Waals surface area contributed by atoms with E-state index < -0.39 is 27.3 Å². The fourth-order valence-corrected chi connectivity index (χ4v) is 3.63. The highest BCUT2D eigenvalue weighted by molar-refractivity contribution is 7.89. The number of benzene rings is 2. The van der Waals surface area contributed by atoms with Gasteiger partial charge in [0.25, 0.3) is 15.9 Å². The second kappa shape index (κ2) is 8.19. The van der Waals surface area contributed by atoms with Crippen LogP contribution in [0.2, 0.25) is 5.02 Å². The molecule has 152 valence electrons. The normalized spacial score (nSPS) is 11.3. The molecule has 29 heavy (non-hydrogen) atoms. The molecule has 0 aliphatic heterocycles. The number of halogens is 2. The lowest BCUT2D eigenvalue weighted by Gasteiger charge is -2.11. The number of carbonyl (C=O) groups is 1. The molecular weight excluding hydrogens is 421 g/mol. The van der Waals surface area contributed by atoms with Crippen molar-refractivity contribution in [2.24, 2.45) is 7.05 Å². The molecule has 0 radical (unpaired) electrons. The van der Waals surface area contributed by atoms with Crippen LogP contribution in [-0.4, -0.2) is 30.9 Å². The molecule has 0 saturated carbocycles. The van der Waals surface area contributed by atoms with E-state index >= 15 is 0 Å². The standard InChI is InChI=1S/C18H17ClFN5O3S/c1-21-12-4-3-5-13(8-12)29(27,28)24-23-18(26)14-6-11(7-15(19)17(14)20)16-9-25(2)10-22-16/h3-10,21,24H,1-2H3,(H,23,26). The molecule has 1 heterocycles. The van der Waals surface area contributed by atoms with Gasteiger partial charge in [0.1, 0.15) is 0 Å². The van der Waals surface area contributed by atoms with E-state index in [9.17, 15) is 17.6 Å². The van der Waals surface area contributed by atoms with E-state index in [1.54, 1.807) is 37.3 Å². The molecule has 0 aliphatic carbocycles. The van der Waals surface area contributed by atoms with E-state index in [0.29, 0.717) is 16.9 Å². The quantitative estimate of drug-likeness (QED) is 0.514. The lowest BCUT2D eigenvalue weighted by atomic mass is 10.1. The molecule has 0 atom stereocenters. The van der Waals surface area contributed by atoms with Gasteiger partial charge in [0.15, 0.2) is 5.82 Å². The number of amides is 1. The molecule has 8 nitrogen and oxygen atoms in total. The minimum absolute atomic E-state index is 0.0783. The third kappa shape index (κ3) is 4.56. The summed E-state index contributed by atoms with van der Waals surface area (Å²) in [6, 6.07) is 8.54. The first kappa shape index (κ1) is 20.8. The van der Waals surface area contributed by atoms with E-state index in [4.69, 9.17) is 11.6 Å². The number of aryl methyl sites for hydroxylation is 1. The maximum absolute atomic E-state index is 14.4. The summed E-state index contributed by atoms with van der Waals surface area (Å²) in [6.45, 7) is 0. The monoisotopic (exact) mass is 437 g/mol. The number of sulfonamides is 1. The second-order valence-corrected chi connectivity index (χ2v) is 8.17. The second-order valence-electron chi connectivity index (χ2n) is 6.08. The van der Waals surface area contributed by atoms with Crippen LogP contribution in [0.5, 0.6) is 0 Å². The Morgan fingerprint density at radius 1 is 1.24 bits per heavy atom. The first-order valence-corrected chi connectivity index (χ1v) is 10.1. The Morgan fingerprint density at radius 3 is 2.66 bits per heavy atom. The zero-order valence-corrected chi connectivity index (χ0v) is 17.0. The van der Waals surface area contributed by atoms with Crippen LogP contribution < -0.4 is 15.6 Å². The smallest absolute Gasteiger partial charge is 0.269 e. The van der Waals surface area contributed by atoms with Gasteiger partial charge in [0.05, 0.1) is 27.5 Å². The lowest BCUT2D eigenvalue weighted by Crippen LogP contribution is -2.41. The molecule has 0 saturated heterocycles. The van der Waals surface area contributed by atoms with Crippen LogP contribution in [0.15, 0.2) is 53.8 Å². The van der Waals surface area contributed by atoms with Crippen LogP contribution in [0, 0.1) is 5.82 Å². The van der Waals surface area contributed by atoms with Crippen molar-refractivity contribution in [2.75, 3.05) is 12.4 Å². The van der Waals surface area contributed by atoms with Gasteiger partial charge in [-0.15, -0.1) is 4.83 Å². The molecular formula is C18H17ClFN5O3S. The Bertz CT molecular complexity index is 1180. The summed E-state index contributed by atoms with van der Waals surface area (Å²) in [5.41, 5.74) is 3.04. The lowest BCUT2D eigenvalue weighted by molar-refractivity contribution is 0.0941. The van der Waals surface area contributed by atoms with Gasteiger partial charge < -0.3 is 9.88 Å². The van der Waals surface area contributed by atoms with Crippen molar-refractivity contribution in [3.8, 4) is 11.3 Å². The predicted molar refractivity (Wildman–Crippen MR) is 107 cm³/mol. The van der Waals surface area contributed by atoms with Crippen LogP contribution >= 0.6 is 11.6 Å². The minimum Gasteiger partial charge on any atom is -0.388 e. The zero-order chi connectivity index (χ0) is 21.2. The third-order valence-electron chi connectivity index (χ3n) is 4.01. The number of hydrogen-bond acceptors (Lipinski definition) is 5. The number of imidazole rings is 1. The van der Waals surface area contributed by atoms with Crippen molar-refractivity contribution >= 4 is 33.2 Å². The Balaban J connectivity index is 1.84. The summed E-state index contributed by atoms with van der Waals surface area (Å²) < 4.78 is 40.9. The fourth-order valence-electron chi connectivity index (χ4n) is 2.52. The maximum atomic E-state index is 14.4. The molecule has 0 aliphatic rings. The van der Waals surface area contributed by atoms with Gasteiger partial charge in [-0.2, -0.15) is 0 Å². The van der Waals surface area contributed by atoms with Gasteiger partial charge >= 0.3 is 0 Å². The predicted octanol–water partition coefficient (Wildman–Crippen LogP) is 2.54. The third-order valence-corrected chi connectivity index (χ3v) is 5.53. The number of rotatable bonds is 6. The Labute approximate surface area is 171 Å². The van der Waals surface area contributed by atoms with Gasteiger partial charge in [0.2, 0.25) is 0 Å². The molecule has 2 aromatic carbocycles. The van der Waals surface area contributed by atoms with Crippen molar-refractivity contribution in [3.63, 3.8) is 0 Å². The van der Waals surface area contributed by atoms with Gasteiger partial charge in [-0.05, 0) is 30.3 Å². The van der Waals surface area contributed by atoms with Gasteiger partial charge in [-0.3, -0.25) is 10.2 Å². The molecule has 1 amide bonds. The van der Waals surface area contributed by atoms with Crippen molar-refractivity contribution in [3.05, 3.63) is 65.3 Å². The van der Waals surface area contributed by atoms with Crippen molar-refractivity contribution < 1.29 is 17.6 Å². The topological polar surface area (TPSA) is 105 Å². The summed E-state index contributed by atoms with van der Waals surface area (Å²) in [6.07, 6.45) is 3.21. The Hall–Kier alpha value is -2.95. The van der Waals surface area contributed by atoms with Crippen LogP contribution in [-0.2, 0) is 17.1 Å². The summed E-state index contributed by atoms with van der Waals surface area (Å²) in [5, 5.41) is 2.53. The van der Waals surface area contributed by atoms with Gasteiger partial charge in [0, 0.05) is 31.5 Å². The minimum atomic E-state index is -4.07. The number of nitrogens with zero attached hydrogens (tertiary/aromatic N) is 2. The number of anilines is 1. The molecule has 0 bridgehead atoms. The average Bonchev–Trinajstić information content (AvgIpc) is 3.14. The fraction of sp³-hybridized carbons (Fsp3) is 0.111. The molecule has 0 fully saturated rings. The first-order chi connectivity index (χ1) is 13.7. The van der Waals surface area contributed by atoms with E-state index in [1.165, 1.54) is 30.3 Å². The molecule has 3 rings (SSSR count). The van der Waals surface area contributed by atoms with Crippen LogP contribution in [0.25, 0.3) is 11.3 Å². The molecule has 3 aromatic rings. The Kier molecular flexibility index (Phi) is 5.87. The van der Waals surface area contributed by atoms with Gasteiger partial charge in [-0.25, -0.2) is 17.8 Å². The molecule has 1 aromatic heterocycles. The summed E-state index contributed by atoms with van der Waals surface area (Å²) in [5.74, 6) is -1.98. The summed E-state index contributed by atoms with van der Waals surface area (Å²) in [4.78, 5) is 18.4. The van der Waals surface area contributed by atoms with E-state index in [1.807, 2.05) is 10.3 Å².